The van der Waals surface area contributed by atoms with Gasteiger partial charge < -0.3 is 10.3 Å². The third-order valence-electron chi connectivity index (χ3n) is 3.11. The van der Waals surface area contributed by atoms with Gasteiger partial charge in [0.2, 0.25) is 0 Å². The first-order chi connectivity index (χ1) is 9.25. The number of pyridine rings is 2. The highest BCUT2D eigenvalue weighted by Crippen LogP contribution is 2.17. The van der Waals surface area contributed by atoms with Crippen LogP contribution in [-0.4, -0.2) is 9.55 Å². The van der Waals surface area contributed by atoms with E-state index in [1.165, 1.54) is 0 Å². The van der Waals surface area contributed by atoms with E-state index in [4.69, 9.17) is 5.73 Å². The third-order valence-corrected chi connectivity index (χ3v) is 3.11. The number of hydrogen-bond acceptors (Lipinski definition) is 3. The van der Waals surface area contributed by atoms with Gasteiger partial charge in [-0.05, 0) is 30.3 Å². The van der Waals surface area contributed by atoms with Crippen molar-refractivity contribution in [3.8, 4) is 0 Å². The van der Waals surface area contributed by atoms with Crippen molar-refractivity contribution in [3.05, 3.63) is 70.9 Å². The molecule has 2 N–H and O–H groups in total. The second-order valence-corrected chi connectivity index (χ2v) is 4.38. The Kier molecular flexibility index (Phi) is 2.76. The van der Waals surface area contributed by atoms with Gasteiger partial charge in [-0.1, -0.05) is 12.1 Å². The van der Waals surface area contributed by atoms with Crippen LogP contribution in [-0.2, 0) is 6.54 Å². The lowest BCUT2D eigenvalue weighted by Crippen LogP contribution is -2.20. The van der Waals surface area contributed by atoms with Crippen LogP contribution in [0.1, 0.15) is 5.69 Å². The minimum absolute atomic E-state index is 0.0459. The van der Waals surface area contributed by atoms with Crippen molar-refractivity contribution < 1.29 is 0 Å². The van der Waals surface area contributed by atoms with E-state index in [0.29, 0.717) is 17.6 Å². The summed E-state index contributed by atoms with van der Waals surface area (Å²) < 4.78 is 1.64. The van der Waals surface area contributed by atoms with Crippen molar-refractivity contribution in [2.75, 3.05) is 5.73 Å². The number of benzene rings is 1. The highest BCUT2D eigenvalue weighted by Gasteiger charge is 2.05. The van der Waals surface area contributed by atoms with E-state index >= 15 is 0 Å². The van der Waals surface area contributed by atoms with Crippen LogP contribution in [0.25, 0.3) is 10.8 Å². The summed E-state index contributed by atoms with van der Waals surface area (Å²) in [4.78, 5) is 16.6. The number of hydrogen-bond donors (Lipinski definition) is 1. The molecule has 1 aromatic carbocycles. The maximum atomic E-state index is 12.4. The first-order valence-corrected chi connectivity index (χ1v) is 6.03. The molecule has 0 atom stereocenters. The Hall–Kier alpha value is -2.62. The van der Waals surface area contributed by atoms with Crippen molar-refractivity contribution in [2.45, 2.75) is 6.54 Å². The average molecular weight is 251 g/mol. The van der Waals surface area contributed by atoms with Crippen molar-refractivity contribution in [3.63, 3.8) is 0 Å². The number of anilines is 1. The molecule has 0 bridgehead atoms. The summed E-state index contributed by atoms with van der Waals surface area (Å²) in [6.45, 7) is 0.463. The molecule has 0 saturated heterocycles. The summed E-state index contributed by atoms with van der Waals surface area (Å²) in [7, 11) is 0. The molecule has 0 saturated carbocycles. The molecule has 0 radical (unpaired) electrons. The van der Waals surface area contributed by atoms with Crippen LogP contribution in [0, 0.1) is 0 Å². The Morgan fingerprint density at radius 3 is 2.74 bits per heavy atom. The first kappa shape index (κ1) is 11.5. The van der Waals surface area contributed by atoms with Crippen LogP contribution in [0.4, 0.5) is 5.69 Å². The molecule has 4 heteroatoms. The normalized spacial score (nSPS) is 10.7. The summed E-state index contributed by atoms with van der Waals surface area (Å²) in [5.74, 6) is 0. The monoisotopic (exact) mass is 251 g/mol. The molecule has 0 aliphatic heterocycles. The predicted molar refractivity (Wildman–Crippen MR) is 76.0 cm³/mol. The van der Waals surface area contributed by atoms with E-state index < -0.39 is 0 Å². The Morgan fingerprint density at radius 1 is 1.05 bits per heavy atom. The summed E-state index contributed by atoms with van der Waals surface area (Å²) in [6, 6.07) is 12.9. The molecule has 3 aromatic rings. The SMILES string of the molecule is Nc1cccc2c(=O)n(Cc3ccccn3)ccc12. The Balaban J connectivity index is 2.11. The molecule has 2 heterocycles. The van der Waals surface area contributed by atoms with Gasteiger partial charge in [0.1, 0.15) is 0 Å². The maximum Gasteiger partial charge on any atom is 0.258 e. The lowest BCUT2D eigenvalue weighted by Gasteiger charge is -2.07. The Labute approximate surface area is 110 Å². The number of nitrogen functional groups attached to an aromatic ring is 1. The average Bonchev–Trinajstić information content (AvgIpc) is 2.44. The standard InChI is InChI=1S/C15H13N3O/c16-14-6-3-5-13-12(14)7-9-18(15(13)19)10-11-4-1-2-8-17-11/h1-9H,10,16H2. The molecule has 0 fully saturated rings. The third kappa shape index (κ3) is 2.08. The van der Waals surface area contributed by atoms with Crippen molar-refractivity contribution >= 4 is 16.5 Å². The fraction of sp³-hybridized carbons (Fsp3) is 0.0667. The maximum absolute atomic E-state index is 12.4. The van der Waals surface area contributed by atoms with Gasteiger partial charge >= 0.3 is 0 Å². The molecule has 0 amide bonds. The molecule has 0 aliphatic rings. The van der Waals surface area contributed by atoms with Crippen LogP contribution in [0.3, 0.4) is 0 Å². The number of nitrogens with zero attached hydrogens (tertiary/aromatic N) is 2. The fourth-order valence-corrected chi connectivity index (χ4v) is 2.13. The van der Waals surface area contributed by atoms with E-state index in [1.807, 2.05) is 24.3 Å². The lowest BCUT2D eigenvalue weighted by atomic mass is 10.1. The van der Waals surface area contributed by atoms with Gasteiger partial charge in [0, 0.05) is 28.9 Å². The molecule has 0 aliphatic carbocycles. The zero-order valence-electron chi connectivity index (χ0n) is 10.3. The largest absolute Gasteiger partial charge is 0.398 e. The molecule has 4 nitrogen and oxygen atoms in total. The number of nitrogens with two attached hydrogens (primary N) is 1. The number of fused-ring (bicyclic) bond motifs is 1. The highest BCUT2D eigenvalue weighted by molar-refractivity contribution is 5.91. The van der Waals surface area contributed by atoms with Crippen LogP contribution in [0.5, 0.6) is 0 Å². The van der Waals surface area contributed by atoms with Crippen molar-refractivity contribution in [1.29, 1.82) is 0 Å². The minimum Gasteiger partial charge on any atom is -0.398 e. The van der Waals surface area contributed by atoms with E-state index in [2.05, 4.69) is 4.98 Å². The van der Waals surface area contributed by atoms with Crippen molar-refractivity contribution in [2.24, 2.45) is 0 Å². The molecule has 94 valence electrons. The zero-order valence-corrected chi connectivity index (χ0v) is 10.3. The second kappa shape index (κ2) is 4.57. The topological polar surface area (TPSA) is 60.9 Å². The molecule has 3 rings (SSSR count). The minimum atomic E-state index is -0.0459. The van der Waals surface area contributed by atoms with Gasteiger partial charge in [-0.25, -0.2) is 0 Å². The Morgan fingerprint density at radius 2 is 1.95 bits per heavy atom. The van der Waals surface area contributed by atoms with Crippen LogP contribution < -0.4 is 11.3 Å². The van der Waals surface area contributed by atoms with Gasteiger partial charge in [0.15, 0.2) is 0 Å². The van der Waals surface area contributed by atoms with Crippen LogP contribution in [0.2, 0.25) is 0 Å². The predicted octanol–water partition coefficient (Wildman–Crippen LogP) is 2.03. The summed E-state index contributed by atoms with van der Waals surface area (Å²) >= 11 is 0. The smallest absolute Gasteiger partial charge is 0.258 e. The second-order valence-electron chi connectivity index (χ2n) is 4.38. The van der Waals surface area contributed by atoms with E-state index in [-0.39, 0.29) is 5.56 Å². The molecular weight excluding hydrogens is 238 g/mol. The summed E-state index contributed by atoms with van der Waals surface area (Å²) in [5, 5.41) is 1.43. The zero-order chi connectivity index (χ0) is 13.2. The van der Waals surface area contributed by atoms with Gasteiger partial charge in [-0.15, -0.1) is 0 Å². The highest BCUT2D eigenvalue weighted by atomic mass is 16.1. The molecule has 0 spiro atoms. The van der Waals surface area contributed by atoms with Gasteiger partial charge in [-0.3, -0.25) is 9.78 Å². The van der Waals surface area contributed by atoms with Crippen molar-refractivity contribution in [1.82, 2.24) is 9.55 Å². The quantitative estimate of drug-likeness (QED) is 0.709. The van der Waals surface area contributed by atoms with E-state index in [1.54, 1.807) is 35.2 Å². The lowest BCUT2D eigenvalue weighted by molar-refractivity contribution is 0.747. The molecule has 19 heavy (non-hydrogen) atoms. The number of rotatable bonds is 2. The summed E-state index contributed by atoms with van der Waals surface area (Å²) in [5.41, 5.74) is 7.30. The van der Waals surface area contributed by atoms with Gasteiger partial charge in [0.25, 0.3) is 5.56 Å². The van der Waals surface area contributed by atoms with Crippen LogP contribution in [0.15, 0.2) is 59.7 Å². The first-order valence-electron chi connectivity index (χ1n) is 6.03. The van der Waals surface area contributed by atoms with E-state index in [0.717, 1.165) is 11.1 Å². The van der Waals surface area contributed by atoms with Gasteiger partial charge in [0.05, 0.1) is 12.2 Å². The molecule has 0 unspecified atom stereocenters. The van der Waals surface area contributed by atoms with Gasteiger partial charge in [-0.2, -0.15) is 0 Å². The number of aromatic nitrogens is 2. The molecule has 2 aromatic heterocycles. The molecular formula is C15H13N3O. The van der Waals surface area contributed by atoms with Crippen LogP contribution >= 0.6 is 0 Å². The fourth-order valence-electron chi connectivity index (χ4n) is 2.13. The van der Waals surface area contributed by atoms with E-state index in [9.17, 15) is 4.79 Å². The summed E-state index contributed by atoms with van der Waals surface area (Å²) in [6.07, 6.45) is 3.48. The Bertz CT molecular complexity index is 778.